The molecule has 0 aliphatic carbocycles. The molecule has 0 bridgehead atoms. The third-order valence-electron chi connectivity index (χ3n) is 4.01. The zero-order valence-electron chi connectivity index (χ0n) is 15.1. The first-order chi connectivity index (χ1) is 12.6. The van der Waals surface area contributed by atoms with Gasteiger partial charge in [0.05, 0.1) is 17.2 Å². The summed E-state index contributed by atoms with van der Waals surface area (Å²) >= 11 is 15.7. The second-order valence-electron chi connectivity index (χ2n) is 5.98. The summed E-state index contributed by atoms with van der Waals surface area (Å²) in [6.45, 7) is 4.27. The summed E-state index contributed by atoms with van der Waals surface area (Å²) < 4.78 is 12.6. The van der Waals surface area contributed by atoms with Crippen LogP contribution in [0.2, 0.25) is 10.0 Å². The quantitative estimate of drug-likeness (QED) is 0.404. The zero-order valence-corrected chi connectivity index (χ0v) is 18.2. The van der Waals surface area contributed by atoms with Crippen LogP contribution in [0.4, 0.5) is 0 Å². The number of ether oxygens (including phenoxy) is 2. The van der Waals surface area contributed by atoms with E-state index in [4.69, 9.17) is 32.7 Å². The Bertz CT molecular complexity index is 725. The molecule has 142 valence electrons. The minimum atomic E-state index is 0.381. The van der Waals surface area contributed by atoms with Crippen molar-refractivity contribution in [1.29, 1.82) is 0 Å². The van der Waals surface area contributed by atoms with Crippen molar-refractivity contribution in [3.8, 4) is 11.5 Å². The second-order valence-corrected chi connectivity index (χ2v) is 7.65. The van der Waals surface area contributed by atoms with Gasteiger partial charge in [-0.25, -0.2) is 0 Å². The van der Waals surface area contributed by atoms with Crippen molar-refractivity contribution in [3.63, 3.8) is 0 Å². The summed E-state index contributed by atoms with van der Waals surface area (Å²) in [6.07, 6.45) is 3.60. The lowest BCUT2D eigenvalue weighted by Crippen LogP contribution is -2.16. The molecule has 0 aliphatic heterocycles. The van der Waals surface area contributed by atoms with Crippen molar-refractivity contribution >= 4 is 39.1 Å². The third-order valence-corrected chi connectivity index (χ3v) is 5.50. The predicted octanol–water partition coefficient (Wildman–Crippen LogP) is 6.62. The summed E-state index contributed by atoms with van der Waals surface area (Å²) in [5.74, 6) is 1.44. The van der Waals surface area contributed by atoms with Gasteiger partial charge in [-0.1, -0.05) is 65.0 Å². The summed E-state index contributed by atoms with van der Waals surface area (Å²) in [6, 6.07) is 9.37. The van der Waals surface area contributed by atoms with Gasteiger partial charge in [0.25, 0.3) is 0 Å². The highest BCUT2D eigenvalue weighted by molar-refractivity contribution is 9.10. The van der Waals surface area contributed by atoms with Gasteiger partial charge in [-0.2, -0.15) is 0 Å². The minimum Gasteiger partial charge on any atom is -0.493 e. The Morgan fingerprint density at radius 2 is 1.88 bits per heavy atom. The molecule has 0 saturated heterocycles. The Hall–Kier alpha value is -0.940. The van der Waals surface area contributed by atoms with E-state index in [1.54, 1.807) is 13.2 Å². The van der Waals surface area contributed by atoms with Crippen LogP contribution in [0.5, 0.6) is 11.5 Å². The van der Waals surface area contributed by atoms with Crippen molar-refractivity contribution in [2.24, 2.45) is 0 Å². The average Bonchev–Trinajstić information content (AvgIpc) is 2.64. The van der Waals surface area contributed by atoms with E-state index in [0.29, 0.717) is 28.9 Å². The number of unbranched alkanes of at least 4 members (excludes halogenated alkanes) is 2. The van der Waals surface area contributed by atoms with E-state index < -0.39 is 0 Å². The predicted molar refractivity (Wildman–Crippen MR) is 113 cm³/mol. The number of methoxy groups -OCH3 is 1. The Morgan fingerprint density at radius 3 is 2.58 bits per heavy atom. The zero-order chi connectivity index (χ0) is 18.9. The van der Waals surface area contributed by atoms with Crippen molar-refractivity contribution in [3.05, 3.63) is 56.0 Å². The molecular formula is C20H24BrCl2NO2. The molecule has 0 unspecified atom stereocenters. The van der Waals surface area contributed by atoms with Crippen LogP contribution in [0.3, 0.4) is 0 Å². The van der Waals surface area contributed by atoms with Gasteiger partial charge in [0.2, 0.25) is 0 Å². The highest BCUT2D eigenvalue weighted by Crippen LogP contribution is 2.37. The van der Waals surface area contributed by atoms with Gasteiger partial charge >= 0.3 is 0 Å². The van der Waals surface area contributed by atoms with E-state index in [1.807, 2.05) is 24.3 Å². The van der Waals surface area contributed by atoms with Gasteiger partial charge in [0, 0.05) is 16.6 Å². The Balaban J connectivity index is 2.13. The number of hydrogen-bond acceptors (Lipinski definition) is 3. The number of rotatable bonds is 10. The minimum absolute atomic E-state index is 0.381. The number of halogens is 3. The fraction of sp³-hybridized carbons (Fsp3) is 0.400. The SMILES string of the molecule is CCCCCNCc1c(Br)ccc(OC)c1OCc1ccc(Cl)c(Cl)c1. The van der Waals surface area contributed by atoms with E-state index in [0.717, 1.165) is 34.3 Å². The summed E-state index contributed by atoms with van der Waals surface area (Å²) in [5.41, 5.74) is 1.99. The molecule has 26 heavy (non-hydrogen) atoms. The Morgan fingerprint density at radius 1 is 1.08 bits per heavy atom. The van der Waals surface area contributed by atoms with E-state index in [-0.39, 0.29) is 0 Å². The van der Waals surface area contributed by atoms with Crippen LogP contribution < -0.4 is 14.8 Å². The van der Waals surface area contributed by atoms with Crippen LogP contribution in [-0.4, -0.2) is 13.7 Å². The van der Waals surface area contributed by atoms with Gasteiger partial charge in [0.1, 0.15) is 6.61 Å². The molecule has 2 aromatic rings. The number of benzene rings is 2. The van der Waals surface area contributed by atoms with Gasteiger partial charge < -0.3 is 14.8 Å². The topological polar surface area (TPSA) is 30.5 Å². The van der Waals surface area contributed by atoms with Crippen molar-refractivity contribution in [2.45, 2.75) is 39.3 Å². The second kappa shape index (κ2) is 11.0. The standard InChI is InChI=1S/C20H24BrCl2NO2/c1-3-4-5-10-24-12-15-16(21)7-9-19(25-2)20(15)26-13-14-6-8-17(22)18(23)11-14/h6-9,11,24H,3-5,10,12-13H2,1-2H3. The highest BCUT2D eigenvalue weighted by Gasteiger charge is 2.15. The summed E-state index contributed by atoms with van der Waals surface area (Å²) in [4.78, 5) is 0. The smallest absolute Gasteiger partial charge is 0.167 e. The average molecular weight is 461 g/mol. The molecule has 0 spiro atoms. The summed E-state index contributed by atoms with van der Waals surface area (Å²) in [7, 11) is 1.65. The molecule has 0 heterocycles. The van der Waals surface area contributed by atoms with Crippen LogP contribution in [0.25, 0.3) is 0 Å². The number of hydrogen-bond donors (Lipinski definition) is 1. The van der Waals surface area contributed by atoms with E-state index in [1.165, 1.54) is 12.8 Å². The van der Waals surface area contributed by atoms with Gasteiger partial charge in [-0.05, 0) is 42.8 Å². The van der Waals surface area contributed by atoms with Crippen LogP contribution in [0.15, 0.2) is 34.8 Å². The first-order valence-electron chi connectivity index (χ1n) is 8.69. The lowest BCUT2D eigenvalue weighted by Gasteiger charge is -2.17. The molecule has 0 radical (unpaired) electrons. The maximum atomic E-state index is 6.10. The van der Waals surface area contributed by atoms with Gasteiger partial charge in [-0.3, -0.25) is 0 Å². The molecular weight excluding hydrogens is 437 g/mol. The van der Waals surface area contributed by atoms with Gasteiger partial charge in [-0.15, -0.1) is 0 Å². The highest BCUT2D eigenvalue weighted by atomic mass is 79.9. The first kappa shape index (κ1) is 21.4. The first-order valence-corrected chi connectivity index (χ1v) is 10.2. The van der Waals surface area contributed by atoms with E-state index >= 15 is 0 Å². The molecule has 0 fully saturated rings. The van der Waals surface area contributed by atoms with Crippen LogP contribution in [0.1, 0.15) is 37.3 Å². The van der Waals surface area contributed by atoms with Crippen LogP contribution in [-0.2, 0) is 13.2 Å². The molecule has 0 aliphatic rings. The molecule has 0 amide bonds. The number of nitrogens with one attached hydrogen (secondary N) is 1. The van der Waals surface area contributed by atoms with Crippen molar-refractivity contribution < 1.29 is 9.47 Å². The molecule has 2 aromatic carbocycles. The Kier molecular flexibility index (Phi) is 9.06. The van der Waals surface area contributed by atoms with E-state index in [2.05, 4.69) is 28.2 Å². The maximum absolute atomic E-state index is 6.10. The summed E-state index contributed by atoms with van der Waals surface area (Å²) in [5, 5.41) is 4.53. The lowest BCUT2D eigenvalue weighted by molar-refractivity contribution is 0.280. The molecule has 2 rings (SSSR count). The lowest BCUT2D eigenvalue weighted by atomic mass is 10.1. The fourth-order valence-electron chi connectivity index (χ4n) is 2.56. The largest absolute Gasteiger partial charge is 0.493 e. The molecule has 1 N–H and O–H groups in total. The van der Waals surface area contributed by atoms with Crippen molar-refractivity contribution in [2.75, 3.05) is 13.7 Å². The Labute approximate surface area is 174 Å². The maximum Gasteiger partial charge on any atom is 0.167 e. The fourth-order valence-corrected chi connectivity index (χ4v) is 3.34. The van der Waals surface area contributed by atoms with E-state index in [9.17, 15) is 0 Å². The van der Waals surface area contributed by atoms with Crippen LogP contribution in [0, 0.1) is 0 Å². The van der Waals surface area contributed by atoms with Gasteiger partial charge in [0.15, 0.2) is 11.5 Å². The van der Waals surface area contributed by atoms with Crippen LogP contribution >= 0.6 is 39.1 Å². The molecule has 0 atom stereocenters. The third kappa shape index (κ3) is 6.05. The molecule has 3 nitrogen and oxygen atoms in total. The molecule has 6 heteroatoms. The molecule has 0 saturated carbocycles. The monoisotopic (exact) mass is 459 g/mol. The normalized spacial score (nSPS) is 10.8. The molecule has 0 aromatic heterocycles. The van der Waals surface area contributed by atoms with Crippen molar-refractivity contribution in [1.82, 2.24) is 5.32 Å².